The summed E-state index contributed by atoms with van der Waals surface area (Å²) < 4.78 is 7.40. The lowest BCUT2D eigenvalue weighted by atomic mass is 9.87. The Balaban J connectivity index is 2.24. The van der Waals surface area contributed by atoms with Gasteiger partial charge in [0.1, 0.15) is 5.60 Å². The number of allylic oxidation sites excluding steroid dienone is 1. The second kappa shape index (κ2) is 5.31. The van der Waals surface area contributed by atoms with Crippen molar-refractivity contribution >= 4 is 17.0 Å². The van der Waals surface area contributed by atoms with Gasteiger partial charge in [0.2, 0.25) is 0 Å². The third-order valence-electron chi connectivity index (χ3n) is 4.17. The number of aromatic nitrogens is 1. The molecule has 0 radical (unpaired) electrons. The van der Waals surface area contributed by atoms with Gasteiger partial charge in [0.25, 0.3) is 0 Å². The van der Waals surface area contributed by atoms with Crippen molar-refractivity contribution in [3.05, 3.63) is 48.2 Å². The number of carbonyl (C=O) groups excluding carboxylic acids is 1. The maximum Gasteiger partial charge on any atom is 0.419 e. The molecular weight excluding hydrogens is 274 g/mol. The summed E-state index contributed by atoms with van der Waals surface area (Å²) in [6, 6.07) is 8.09. The van der Waals surface area contributed by atoms with Gasteiger partial charge >= 0.3 is 6.09 Å². The smallest absolute Gasteiger partial charge is 0.419 e. The molecule has 0 bridgehead atoms. The number of para-hydroxylation sites is 1. The molecule has 1 heterocycles. The highest BCUT2D eigenvalue weighted by Gasteiger charge is 2.30. The lowest BCUT2D eigenvalue weighted by molar-refractivity contribution is 0.0538. The lowest BCUT2D eigenvalue weighted by Crippen LogP contribution is -2.29. The summed E-state index contributed by atoms with van der Waals surface area (Å²) in [5.41, 5.74) is 2.78. The summed E-state index contributed by atoms with van der Waals surface area (Å²) in [5.74, 6) is 0.212. The molecule has 0 saturated heterocycles. The number of aryl methyl sites for hydroxylation is 1. The van der Waals surface area contributed by atoms with Gasteiger partial charge < -0.3 is 4.74 Å². The van der Waals surface area contributed by atoms with Gasteiger partial charge in [-0.2, -0.15) is 0 Å². The first-order chi connectivity index (χ1) is 10.4. The summed E-state index contributed by atoms with van der Waals surface area (Å²) in [5, 5.41) is 1.16. The Morgan fingerprint density at radius 2 is 2.09 bits per heavy atom. The van der Waals surface area contributed by atoms with Crippen LogP contribution in [0.25, 0.3) is 10.9 Å². The zero-order valence-electron chi connectivity index (χ0n) is 13.6. The van der Waals surface area contributed by atoms with E-state index in [1.165, 1.54) is 5.56 Å². The molecular formula is C19H23NO2. The van der Waals surface area contributed by atoms with E-state index in [4.69, 9.17) is 4.74 Å². The van der Waals surface area contributed by atoms with E-state index in [0.717, 1.165) is 35.9 Å². The molecule has 116 valence electrons. The van der Waals surface area contributed by atoms with Crippen LogP contribution < -0.4 is 0 Å². The number of fused-ring (bicyclic) bond motifs is 3. The monoisotopic (exact) mass is 297 g/mol. The summed E-state index contributed by atoms with van der Waals surface area (Å²) in [7, 11) is 0. The quantitative estimate of drug-likeness (QED) is 0.691. The maximum atomic E-state index is 12.8. The molecule has 1 aromatic carbocycles. The van der Waals surface area contributed by atoms with Gasteiger partial charge in [-0.05, 0) is 51.7 Å². The molecule has 0 fully saturated rings. The molecule has 1 aromatic heterocycles. The van der Waals surface area contributed by atoms with Crippen molar-refractivity contribution in [2.24, 2.45) is 0 Å². The number of ether oxygens (including phenoxy) is 1. The van der Waals surface area contributed by atoms with Crippen molar-refractivity contribution in [2.45, 2.75) is 51.6 Å². The minimum absolute atomic E-state index is 0.212. The van der Waals surface area contributed by atoms with Crippen molar-refractivity contribution < 1.29 is 9.53 Å². The Labute approximate surface area is 131 Å². The minimum Gasteiger partial charge on any atom is -0.443 e. The number of nitrogens with zero attached hydrogens (tertiary/aromatic N) is 1. The van der Waals surface area contributed by atoms with Gasteiger partial charge in [-0.1, -0.05) is 24.3 Å². The Hall–Kier alpha value is -2.03. The summed E-state index contributed by atoms with van der Waals surface area (Å²) in [6.45, 7) is 9.65. The number of carbonyl (C=O) groups is 1. The number of rotatable bonds is 1. The fraction of sp³-hybridized carbons (Fsp3) is 0.421. The standard InChI is InChI=1S/C19H23NO2/c1-5-13-9-8-11-15-14-10-6-7-12-16(14)20(17(13)15)18(21)22-19(2,3)4/h5-7,10,12-13H,1,8-9,11H2,2-4H3/t13-/m0/s1. The predicted octanol–water partition coefficient (Wildman–Crippen LogP) is 5.03. The van der Waals surface area contributed by atoms with E-state index in [1.807, 2.05) is 45.0 Å². The molecule has 0 N–H and O–H groups in total. The van der Waals surface area contributed by atoms with Gasteiger partial charge in [-0.25, -0.2) is 9.36 Å². The van der Waals surface area contributed by atoms with Crippen molar-refractivity contribution in [1.82, 2.24) is 4.57 Å². The maximum absolute atomic E-state index is 12.8. The Kier molecular flexibility index (Phi) is 3.59. The SMILES string of the molecule is C=C[C@H]1CCCc2c1n(C(=O)OC(C)(C)C)c1ccccc21. The van der Waals surface area contributed by atoms with E-state index in [9.17, 15) is 4.79 Å². The van der Waals surface area contributed by atoms with Crippen LogP contribution >= 0.6 is 0 Å². The normalized spacial score (nSPS) is 18.0. The molecule has 0 saturated carbocycles. The predicted molar refractivity (Wildman–Crippen MR) is 89.4 cm³/mol. The van der Waals surface area contributed by atoms with E-state index in [2.05, 4.69) is 12.6 Å². The summed E-state index contributed by atoms with van der Waals surface area (Å²) >= 11 is 0. The molecule has 0 aliphatic heterocycles. The molecule has 2 aromatic rings. The number of benzene rings is 1. The topological polar surface area (TPSA) is 31.2 Å². The average Bonchev–Trinajstić information content (AvgIpc) is 2.80. The third kappa shape index (κ3) is 2.45. The van der Waals surface area contributed by atoms with E-state index in [1.54, 1.807) is 4.57 Å². The highest BCUT2D eigenvalue weighted by atomic mass is 16.6. The van der Waals surface area contributed by atoms with Crippen molar-refractivity contribution in [3.8, 4) is 0 Å². The molecule has 3 rings (SSSR count). The summed E-state index contributed by atoms with van der Waals surface area (Å²) in [4.78, 5) is 12.8. The van der Waals surface area contributed by atoms with Crippen LogP contribution in [0, 0.1) is 0 Å². The van der Waals surface area contributed by atoms with Crippen LogP contribution in [0.5, 0.6) is 0 Å². The first kappa shape index (κ1) is 14.9. The number of hydrogen-bond acceptors (Lipinski definition) is 2. The van der Waals surface area contributed by atoms with Crippen molar-refractivity contribution in [2.75, 3.05) is 0 Å². The highest BCUT2D eigenvalue weighted by molar-refractivity contribution is 5.94. The lowest BCUT2D eigenvalue weighted by Gasteiger charge is -2.25. The van der Waals surface area contributed by atoms with Gasteiger partial charge in [-0.15, -0.1) is 6.58 Å². The Bertz CT molecular complexity index is 734. The average molecular weight is 297 g/mol. The van der Waals surface area contributed by atoms with Crippen molar-refractivity contribution in [1.29, 1.82) is 0 Å². The Morgan fingerprint density at radius 3 is 2.77 bits per heavy atom. The fourth-order valence-electron chi connectivity index (χ4n) is 3.35. The molecule has 0 spiro atoms. The second-order valence-corrected chi connectivity index (χ2v) is 6.93. The molecule has 0 unspecified atom stereocenters. The van der Waals surface area contributed by atoms with Crippen LogP contribution in [-0.4, -0.2) is 16.3 Å². The molecule has 1 aliphatic carbocycles. The first-order valence-electron chi connectivity index (χ1n) is 7.90. The fourth-order valence-corrected chi connectivity index (χ4v) is 3.35. The first-order valence-corrected chi connectivity index (χ1v) is 7.90. The second-order valence-electron chi connectivity index (χ2n) is 6.93. The van der Waals surface area contributed by atoms with E-state index in [0.29, 0.717) is 0 Å². The zero-order valence-corrected chi connectivity index (χ0v) is 13.6. The molecule has 3 heteroatoms. The molecule has 0 amide bonds. The van der Waals surface area contributed by atoms with E-state index < -0.39 is 5.60 Å². The third-order valence-corrected chi connectivity index (χ3v) is 4.17. The van der Waals surface area contributed by atoms with Crippen LogP contribution in [0.15, 0.2) is 36.9 Å². The van der Waals surface area contributed by atoms with Crippen molar-refractivity contribution in [3.63, 3.8) is 0 Å². The van der Waals surface area contributed by atoms with Crippen LogP contribution in [0.1, 0.15) is 50.8 Å². The van der Waals surface area contributed by atoms with Gasteiger partial charge in [-0.3, -0.25) is 0 Å². The van der Waals surface area contributed by atoms with Crippen LogP contribution in [0.4, 0.5) is 4.79 Å². The van der Waals surface area contributed by atoms with Gasteiger partial charge in [0.05, 0.1) is 5.52 Å². The van der Waals surface area contributed by atoms with Gasteiger partial charge in [0, 0.05) is 17.0 Å². The molecule has 22 heavy (non-hydrogen) atoms. The van der Waals surface area contributed by atoms with E-state index >= 15 is 0 Å². The van der Waals surface area contributed by atoms with Crippen LogP contribution in [0.3, 0.4) is 0 Å². The Morgan fingerprint density at radius 1 is 1.36 bits per heavy atom. The largest absolute Gasteiger partial charge is 0.443 e. The highest BCUT2D eigenvalue weighted by Crippen LogP contribution is 2.39. The summed E-state index contributed by atoms with van der Waals surface area (Å²) in [6.07, 6.45) is 4.84. The van der Waals surface area contributed by atoms with Crippen LogP contribution in [0.2, 0.25) is 0 Å². The minimum atomic E-state index is -0.506. The zero-order chi connectivity index (χ0) is 15.9. The molecule has 1 aliphatic rings. The van der Waals surface area contributed by atoms with E-state index in [-0.39, 0.29) is 12.0 Å². The molecule has 3 nitrogen and oxygen atoms in total. The van der Waals surface area contributed by atoms with Gasteiger partial charge in [0.15, 0.2) is 0 Å². The number of hydrogen-bond donors (Lipinski definition) is 0. The molecule has 1 atom stereocenters. The van der Waals surface area contributed by atoms with Crippen LogP contribution in [-0.2, 0) is 11.2 Å².